The first kappa shape index (κ1) is 35.6. The summed E-state index contributed by atoms with van der Waals surface area (Å²) in [4.78, 5) is 12.0. The second-order valence-electron chi connectivity index (χ2n) is 10.5. The van der Waals surface area contributed by atoms with Crippen molar-refractivity contribution in [2.24, 2.45) is 7.05 Å². The summed E-state index contributed by atoms with van der Waals surface area (Å²) in [6.45, 7) is 9.66. The molecule has 3 aromatic rings. The molecule has 0 saturated heterocycles. The van der Waals surface area contributed by atoms with Crippen molar-refractivity contribution >= 4 is 43.6 Å². The van der Waals surface area contributed by atoms with E-state index >= 15 is 0 Å². The van der Waals surface area contributed by atoms with Crippen LogP contribution in [0.1, 0.15) is 56.2 Å². The molecule has 2 aromatic carbocycles. The van der Waals surface area contributed by atoms with Gasteiger partial charge in [-0.25, -0.2) is 9.18 Å². The predicted octanol–water partition coefficient (Wildman–Crippen LogP) is 7.28. The summed E-state index contributed by atoms with van der Waals surface area (Å²) in [5.41, 5.74) is -1.34. The lowest BCUT2D eigenvalue weighted by atomic mass is 9.85. The number of hydrogen-bond acceptors (Lipinski definition) is 8. The Balaban J connectivity index is 0.000000249. The second-order valence-corrected chi connectivity index (χ2v) is 13.2. The van der Waals surface area contributed by atoms with E-state index < -0.39 is 44.4 Å². The normalized spacial score (nSPS) is 15.7. The molecule has 1 unspecified atom stereocenters. The van der Waals surface area contributed by atoms with Gasteiger partial charge in [-0.3, -0.25) is 4.68 Å². The van der Waals surface area contributed by atoms with Crippen molar-refractivity contribution in [3.63, 3.8) is 0 Å². The molecule has 0 spiro atoms. The maximum Gasteiger partial charge on any atom is 0.434 e. The number of hydrogen-bond donors (Lipinski definition) is 0. The molecule has 9 nitrogen and oxygen atoms in total. The molecule has 1 atom stereocenters. The van der Waals surface area contributed by atoms with Gasteiger partial charge < -0.3 is 18.4 Å². The molecule has 0 N–H and O–H groups in total. The number of aryl methyl sites for hydroxylation is 1. The summed E-state index contributed by atoms with van der Waals surface area (Å²) in [5, 5.41) is 3.50. The average molecular weight is 730 g/mol. The lowest BCUT2D eigenvalue weighted by Crippen LogP contribution is -2.34. The Bertz CT molecular complexity index is 1660. The van der Waals surface area contributed by atoms with Crippen molar-refractivity contribution < 1.29 is 49.2 Å². The van der Waals surface area contributed by atoms with Gasteiger partial charge in [0, 0.05) is 24.8 Å². The highest BCUT2D eigenvalue weighted by molar-refractivity contribution is 9.10. The van der Waals surface area contributed by atoms with E-state index in [1.54, 1.807) is 32.0 Å². The van der Waals surface area contributed by atoms with Gasteiger partial charge in [0.05, 0.1) is 32.8 Å². The Morgan fingerprint density at radius 3 is 2.39 bits per heavy atom. The van der Waals surface area contributed by atoms with Gasteiger partial charge in [-0.15, -0.1) is 0 Å². The van der Waals surface area contributed by atoms with Gasteiger partial charge in [-0.05, 0) is 80.9 Å². The fourth-order valence-corrected chi connectivity index (χ4v) is 5.72. The van der Waals surface area contributed by atoms with Gasteiger partial charge in [0.1, 0.15) is 23.0 Å². The van der Waals surface area contributed by atoms with Crippen LogP contribution in [0.25, 0.3) is 11.3 Å². The zero-order chi connectivity index (χ0) is 33.4. The third-order valence-electron chi connectivity index (χ3n) is 6.17. The molecule has 1 aromatic heterocycles. The largest absolute Gasteiger partial charge is 0.464 e. The van der Waals surface area contributed by atoms with E-state index in [0.29, 0.717) is 17.0 Å². The van der Waals surface area contributed by atoms with Crippen LogP contribution in [0.3, 0.4) is 0 Å². The van der Waals surface area contributed by atoms with Gasteiger partial charge in [-0.1, -0.05) is 11.6 Å². The number of ether oxygens (including phenoxy) is 3. The van der Waals surface area contributed by atoms with E-state index in [1.807, 2.05) is 20.8 Å². The number of rotatable bonds is 7. The van der Waals surface area contributed by atoms with Crippen LogP contribution in [-0.2, 0) is 38.2 Å². The molecule has 0 radical (unpaired) electrons. The van der Waals surface area contributed by atoms with Crippen molar-refractivity contribution in [2.75, 3.05) is 12.9 Å². The van der Waals surface area contributed by atoms with Gasteiger partial charge in [-0.2, -0.15) is 26.7 Å². The van der Waals surface area contributed by atoms with Crippen LogP contribution in [0.15, 0.2) is 34.8 Å². The Labute approximate surface area is 265 Å². The first-order valence-electron chi connectivity index (χ1n) is 13.0. The highest BCUT2D eigenvalue weighted by atomic mass is 79.9. The molecule has 0 amide bonds. The van der Waals surface area contributed by atoms with E-state index in [-0.39, 0.29) is 39.3 Å². The van der Waals surface area contributed by atoms with Gasteiger partial charge in [0.25, 0.3) is 0 Å². The van der Waals surface area contributed by atoms with Crippen LogP contribution in [0.5, 0.6) is 11.5 Å². The number of carbonyl (C=O) groups is 1. The smallest absolute Gasteiger partial charge is 0.434 e. The first-order chi connectivity index (χ1) is 20.2. The first-order valence-corrected chi connectivity index (χ1v) is 16.0. The molecule has 2 heterocycles. The molecule has 0 aliphatic carbocycles. The van der Waals surface area contributed by atoms with Crippen LogP contribution in [-0.4, -0.2) is 49.4 Å². The topological polar surface area (TPSA) is 106 Å². The highest BCUT2D eigenvalue weighted by Gasteiger charge is 2.43. The zero-order valence-electron chi connectivity index (χ0n) is 24.7. The molecule has 44 heavy (non-hydrogen) atoms. The zero-order valence-corrected chi connectivity index (χ0v) is 27.8. The monoisotopic (exact) mass is 728 g/mol. The number of fused-ring (bicyclic) bond motifs is 1. The van der Waals surface area contributed by atoms with E-state index in [2.05, 4.69) is 21.0 Å². The summed E-state index contributed by atoms with van der Waals surface area (Å²) in [6.07, 6.45) is -4.50. The molecule has 1 aliphatic rings. The second kappa shape index (κ2) is 13.2. The summed E-state index contributed by atoms with van der Waals surface area (Å²) in [5.74, 6) is -0.748. The third-order valence-corrected chi connectivity index (χ3v) is 7.73. The number of esters is 1. The minimum absolute atomic E-state index is 0.169. The van der Waals surface area contributed by atoms with E-state index in [0.717, 1.165) is 31.0 Å². The molecule has 0 bridgehead atoms. The van der Waals surface area contributed by atoms with Crippen molar-refractivity contribution in [2.45, 2.75) is 58.6 Å². The number of nitrogens with zero attached hydrogens (tertiary/aromatic N) is 2. The lowest BCUT2D eigenvalue weighted by molar-refractivity contribution is -0.144. The summed E-state index contributed by atoms with van der Waals surface area (Å²) >= 11 is 8.67. The fourth-order valence-electron chi connectivity index (χ4n) is 4.27. The highest BCUT2D eigenvalue weighted by Crippen LogP contribution is 2.45. The Morgan fingerprint density at radius 1 is 1.23 bits per heavy atom. The van der Waals surface area contributed by atoms with E-state index in [9.17, 15) is 30.8 Å². The Morgan fingerprint density at radius 2 is 1.86 bits per heavy atom. The number of alkyl halides is 3. The quantitative estimate of drug-likeness (QED) is 0.142. The Kier molecular flexibility index (Phi) is 10.7. The minimum atomic E-state index is -4.69. The van der Waals surface area contributed by atoms with Gasteiger partial charge in [0.15, 0.2) is 5.69 Å². The maximum atomic E-state index is 14.3. The van der Waals surface area contributed by atoms with Crippen LogP contribution in [0.2, 0.25) is 5.02 Å². The average Bonchev–Trinajstić information content (AvgIpc) is 3.29. The summed E-state index contributed by atoms with van der Waals surface area (Å²) in [6, 6.07) is 6.83. The molecule has 1 aliphatic heterocycles. The molecule has 242 valence electrons. The minimum Gasteiger partial charge on any atom is -0.464 e. The van der Waals surface area contributed by atoms with Crippen molar-refractivity contribution in [3.8, 4) is 22.8 Å². The molecule has 0 saturated carbocycles. The molecule has 4 rings (SSSR count). The molecule has 0 fully saturated rings. The van der Waals surface area contributed by atoms with Gasteiger partial charge >= 0.3 is 22.3 Å². The number of carbonyl (C=O) groups excluding carboxylic acids is 1. The molecule has 16 heteroatoms. The van der Waals surface area contributed by atoms with Gasteiger partial charge in [0.2, 0.25) is 6.29 Å². The predicted molar refractivity (Wildman–Crippen MR) is 158 cm³/mol. The van der Waals surface area contributed by atoms with Crippen molar-refractivity contribution in [1.29, 1.82) is 0 Å². The van der Waals surface area contributed by atoms with E-state index in [1.165, 1.54) is 0 Å². The maximum absolute atomic E-state index is 14.3. The Hall–Kier alpha value is -2.88. The fraction of sp³-hybridized carbons (Fsp3) is 0.429. The summed E-state index contributed by atoms with van der Waals surface area (Å²) < 4.78 is 97.1. The lowest BCUT2D eigenvalue weighted by Gasteiger charge is -2.25. The van der Waals surface area contributed by atoms with Crippen LogP contribution in [0.4, 0.5) is 17.6 Å². The standard InChI is InChI=1S/C15H12BrClF4N2O2.C13H18O5S/c1-6(2)25-14(24)7-4-8(10(18)5-9(7)17)12-11(16)13(15(19,20)21)23(3)22-12;1-5-16-12-13(2,3)10-8-9(18-19(4,14)15)6-7-11(10)17-12/h4-6H,1-3H3;6-8,12H,5H2,1-4H3. The number of benzene rings is 2. The number of halogens is 6. The van der Waals surface area contributed by atoms with Crippen LogP contribution < -0.4 is 8.92 Å². The third kappa shape index (κ3) is 8.03. The van der Waals surface area contributed by atoms with E-state index in [4.69, 9.17) is 30.0 Å². The van der Waals surface area contributed by atoms with Crippen LogP contribution >= 0.6 is 27.5 Å². The van der Waals surface area contributed by atoms with Crippen LogP contribution in [0, 0.1) is 5.82 Å². The summed E-state index contributed by atoms with van der Waals surface area (Å²) in [7, 11) is -2.45. The van der Waals surface area contributed by atoms with Crippen molar-refractivity contribution in [1.82, 2.24) is 9.78 Å². The molecular weight excluding hydrogens is 700 g/mol. The number of aromatic nitrogens is 2. The molecular formula is C28H30BrClF4N2O7S. The van der Waals surface area contributed by atoms with Crippen molar-refractivity contribution in [3.05, 3.63) is 62.5 Å². The SMILES string of the molecule is CC(C)OC(=O)c1cc(-c2nn(C)c(C(F)(F)F)c2Br)c(F)cc1Cl.CCOC1Oc2ccc(OS(C)(=O)=O)cc2C1(C)C.